The normalized spacial score (nSPS) is 18.1. The Kier molecular flexibility index (Phi) is 3.44. The molecule has 2 aromatic heterocycles. The van der Waals surface area contributed by atoms with Gasteiger partial charge in [-0.25, -0.2) is 22.3 Å². The van der Waals surface area contributed by atoms with Gasteiger partial charge >= 0.3 is 0 Å². The lowest BCUT2D eigenvalue weighted by atomic mass is 9.79. The van der Waals surface area contributed by atoms with Crippen LogP contribution in [0.15, 0.2) is 27.9 Å². The first-order chi connectivity index (χ1) is 10.2. The second-order valence-electron chi connectivity index (χ2n) is 5.30. The smallest absolute Gasteiger partial charge is 0.259 e. The third-order valence-electron chi connectivity index (χ3n) is 3.40. The van der Waals surface area contributed by atoms with Gasteiger partial charge in [-0.1, -0.05) is 5.16 Å². The summed E-state index contributed by atoms with van der Waals surface area (Å²) in [6.07, 6.45) is 2.39. The summed E-state index contributed by atoms with van der Waals surface area (Å²) in [5.74, 6) is -2.39. The SMILES string of the molecule is NS(=O)(=O)c1cncc(-c2nc(CC3CC(F)(F)C3)no2)c1. The molecule has 0 saturated heterocycles. The largest absolute Gasteiger partial charge is 0.334 e. The number of primary sulfonamides is 1. The fourth-order valence-corrected chi connectivity index (χ4v) is 2.83. The van der Waals surface area contributed by atoms with Crippen LogP contribution in [0.3, 0.4) is 0 Å². The third kappa shape index (κ3) is 3.12. The number of nitrogens with zero attached hydrogens (tertiary/aromatic N) is 3. The molecule has 2 aromatic rings. The lowest BCUT2D eigenvalue weighted by Crippen LogP contribution is -2.36. The molecule has 0 bridgehead atoms. The zero-order chi connectivity index (χ0) is 16.0. The molecule has 1 aliphatic carbocycles. The quantitative estimate of drug-likeness (QED) is 0.906. The molecule has 0 unspecified atom stereocenters. The first-order valence-electron chi connectivity index (χ1n) is 6.42. The van der Waals surface area contributed by atoms with E-state index < -0.39 is 15.9 Å². The van der Waals surface area contributed by atoms with E-state index >= 15 is 0 Å². The Hall–Kier alpha value is -1.94. The fraction of sp³-hybridized carbons (Fsp3) is 0.417. The Labute approximate surface area is 124 Å². The van der Waals surface area contributed by atoms with Crippen molar-refractivity contribution < 1.29 is 21.7 Å². The summed E-state index contributed by atoms with van der Waals surface area (Å²) < 4.78 is 53.1. The van der Waals surface area contributed by atoms with Crippen molar-refractivity contribution in [3.63, 3.8) is 0 Å². The molecule has 2 heterocycles. The van der Waals surface area contributed by atoms with Crippen LogP contribution in [-0.2, 0) is 16.4 Å². The maximum Gasteiger partial charge on any atom is 0.259 e. The number of halogens is 2. The Morgan fingerprint density at radius 2 is 2.09 bits per heavy atom. The van der Waals surface area contributed by atoms with Crippen molar-refractivity contribution in [2.45, 2.75) is 30.1 Å². The zero-order valence-corrected chi connectivity index (χ0v) is 12.1. The van der Waals surface area contributed by atoms with Crippen LogP contribution in [0.5, 0.6) is 0 Å². The van der Waals surface area contributed by atoms with Crippen LogP contribution in [0.25, 0.3) is 11.5 Å². The molecule has 22 heavy (non-hydrogen) atoms. The summed E-state index contributed by atoms with van der Waals surface area (Å²) in [5, 5.41) is 8.73. The van der Waals surface area contributed by atoms with Crippen molar-refractivity contribution in [1.29, 1.82) is 0 Å². The fourth-order valence-electron chi connectivity index (χ4n) is 2.33. The van der Waals surface area contributed by atoms with E-state index in [9.17, 15) is 17.2 Å². The van der Waals surface area contributed by atoms with Crippen LogP contribution in [0.4, 0.5) is 8.78 Å². The van der Waals surface area contributed by atoms with E-state index in [4.69, 9.17) is 9.66 Å². The van der Waals surface area contributed by atoms with Crippen LogP contribution in [0.2, 0.25) is 0 Å². The topological polar surface area (TPSA) is 112 Å². The Balaban J connectivity index is 1.77. The predicted molar refractivity (Wildman–Crippen MR) is 70.3 cm³/mol. The monoisotopic (exact) mass is 330 g/mol. The summed E-state index contributed by atoms with van der Waals surface area (Å²) >= 11 is 0. The van der Waals surface area contributed by atoms with Crippen molar-refractivity contribution in [3.05, 3.63) is 24.3 Å². The first kappa shape index (κ1) is 15.0. The van der Waals surface area contributed by atoms with Crippen LogP contribution < -0.4 is 5.14 Å². The summed E-state index contributed by atoms with van der Waals surface area (Å²) in [5.41, 5.74) is 0.296. The van der Waals surface area contributed by atoms with Crippen molar-refractivity contribution in [2.75, 3.05) is 0 Å². The van der Waals surface area contributed by atoms with Gasteiger partial charge in [0.15, 0.2) is 5.82 Å². The summed E-state index contributed by atoms with van der Waals surface area (Å²) in [6.45, 7) is 0. The van der Waals surface area contributed by atoms with Gasteiger partial charge in [0.1, 0.15) is 4.90 Å². The molecule has 1 aliphatic rings. The Morgan fingerprint density at radius 3 is 2.73 bits per heavy atom. The zero-order valence-electron chi connectivity index (χ0n) is 11.2. The number of hydrogen-bond donors (Lipinski definition) is 1. The van der Waals surface area contributed by atoms with Crippen molar-refractivity contribution in [3.8, 4) is 11.5 Å². The molecule has 7 nitrogen and oxygen atoms in total. The number of pyridine rings is 1. The Morgan fingerprint density at radius 1 is 1.36 bits per heavy atom. The number of hydrogen-bond acceptors (Lipinski definition) is 6. The molecule has 0 aliphatic heterocycles. The molecule has 1 fully saturated rings. The predicted octanol–water partition coefficient (Wildman–Crippen LogP) is 1.37. The molecule has 0 spiro atoms. The van der Waals surface area contributed by atoms with Gasteiger partial charge in [-0.3, -0.25) is 4.98 Å². The maximum atomic E-state index is 12.8. The minimum Gasteiger partial charge on any atom is -0.334 e. The van der Waals surface area contributed by atoms with E-state index in [0.29, 0.717) is 17.8 Å². The van der Waals surface area contributed by atoms with Crippen LogP contribution in [0.1, 0.15) is 18.7 Å². The molecular formula is C12H12F2N4O3S. The van der Waals surface area contributed by atoms with Gasteiger partial charge in [0.05, 0.1) is 5.56 Å². The van der Waals surface area contributed by atoms with E-state index in [1.807, 2.05) is 0 Å². The minimum absolute atomic E-state index is 0.0686. The van der Waals surface area contributed by atoms with E-state index in [-0.39, 0.29) is 29.5 Å². The van der Waals surface area contributed by atoms with Gasteiger partial charge in [0.2, 0.25) is 15.9 Å². The van der Waals surface area contributed by atoms with Crippen LogP contribution in [0, 0.1) is 5.92 Å². The molecule has 0 atom stereocenters. The van der Waals surface area contributed by atoms with Gasteiger partial charge in [-0.15, -0.1) is 0 Å². The van der Waals surface area contributed by atoms with E-state index in [1.54, 1.807) is 0 Å². The lowest BCUT2D eigenvalue weighted by Gasteiger charge is -2.34. The van der Waals surface area contributed by atoms with Gasteiger partial charge in [0, 0.05) is 31.7 Å². The highest BCUT2D eigenvalue weighted by molar-refractivity contribution is 7.89. The van der Waals surface area contributed by atoms with Crippen molar-refractivity contribution >= 4 is 10.0 Å². The Bertz CT molecular complexity index is 798. The second-order valence-corrected chi connectivity index (χ2v) is 6.87. The summed E-state index contributed by atoms with van der Waals surface area (Å²) in [6, 6.07) is 1.26. The summed E-state index contributed by atoms with van der Waals surface area (Å²) in [4.78, 5) is 7.66. The van der Waals surface area contributed by atoms with Crippen LogP contribution >= 0.6 is 0 Å². The van der Waals surface area contributed by atoms with Gasteiger partial charge in [0.25, 0.3) is 5.89 Å². The number of nitrogens with two attached hydrogens (primary N) is 1. The van der Waals surface area contributed by atoms with Gasteiger partial charge < -0.3 is 4.52 Å². The number of sulfonamides is 1. The van der Waals surface area contributed by atoms with E-state index in [2.05, 4.69) is 15.1 Å². The van der Waals surface area contributed by atoms with Crippen molar-refractivity contribution in [2.24, 2.45) is 11.1 Å². The molecule has 2 N–H and O–H groups in total. The third-order valence-corrected chi connectivity index (χ3v) is 4.28. The number of alkyl halides is 2. The average molecular weight is 330 g/mol. The minimum atomic E-state index is -3.89. The molecule has 3 rings (SSSR count). The molecule has 118 valence electrons. The molecular weight excluding hydrogens is 318 g/mol. The molecule has 0 radical (unpaired) electrons. The molecule has 0 amide bonds. The number of rotatable bonds is 4. The molecule has 0 aromatic carbocycles. The number of aromatic nitrogens is 3. The highest BCUT2D eigenvalue weighted by Gasteiger charge is 2.45. The van der Waals surface area contributed by atoms with Crippen LogP contribution in [-0.4, -0.2) is 29.5 Å². The highest BCUT2D eigenvalue weighted by atomic mass is 32.2. The van der Waals surface area contributed by atoms with E-state index in [1.165, 1.54) is 12.3 Å². The first-order valence-corrected chi connectivity index (χ1v) is 7.96. The van der Waals surface area contributed by atoms with E-state index in [0.717, 1.165) is 6.20 Å². The standard InChI is InChI=1S/C12H12F2N4O3S/c13-12(14)3-7(4-12)1-10-17-11(21-18-10)8-2-9(6-16-5-8)22(15,19)20/h2,5-7H,1,3-4H2,(H2,15,19,20). The molecule has 10 heteroatoms. The summed E-state index contributed by atoms with van der Waals surface area (Å²) in [7, 11) is -3.89. The van der Waals surface area contributed by atoms with Crippen molar-refractivity contribution in [1.82, 2.24) is 15.1 Å². The highest BCUT2D eigenvalue weighted by Crippen LogP contribution is 2.43. The average Bonchev–Trinajstić information content (AvgIpc) is 2.84. The maximum absolute atomic E-state index is 12.8. The molecule has 1 saturated carbocycles. The second kappa shape index (κ2) is 5.06. The lowest BCUT2D eigenvalue weighted by molar-refractivity contribution is -0.110. The van der Waals surface area contributed by atoms with Gasteiger partial charge in [-0.05, 0) is 12.0 Å². The van der Waals surface area contributed by atoms with Gasteiger partial charge in [-0.2, -0.15) is 4.98 Å².